The van der Waals surface area contributed by atoms with Gasteiger partial charge in [0.2, 0.25) is 11.8 Å². The molecule has 0 bridgehead atoms. The Morgan fingerprint density at radius 1 is 1.28 bits per heavy atom. The van der Waals surface area contributed by atoms with Gasteiger partial charge in [-0.15, -0.1) is 0 Å². The second-order valence-electron chi connectivity index (χ2n) is 5.45. The van der Waals surface area contributed by atoms with Gasteiger partial charge in [0.1, 0.15) is 0 Å². The highest BCUT2D eigenvalue weighted by Gasteiger charge is 2.30. The van der Waals surface area contributed by atoms with Crippen LogP contribution in [0, 0.1) is 11.8 Å². The van der Waals surface area contributed by atoms with Crippen molar-refractivity contribution in [2.75, 3.05) is 19.6 Å². The first kappa shape index (κ1) is 15.0. The predicted molar refractivity (Wildman–Crippen MR) is 70.8 cm³/mol. The highest BCUT2D eigenvalue weighted by molar-refractivity contribution is 5.85. The van der Waals surface area contributed by atoms with E-state index in [0.29, 0.717) is 0 Å². The van der Waals surface area contributed by atoms with Crippen molar-refractivity contribution in [2.24, 2.45) is 17.6 Å². The van der Waals surface area contributed by atoms with Crippen molar-refractivity contribution >= 4 is 11.8 Å². The third-order valence-electron chi connectivity index (χ3n) is 3.75. The van der Waals surface area contributed by atoms with Gasteiger partial charge < -0.3 is 16.0 Å². The number of carbonyl (C=O) groups excluding carboxylic acids is 2. The first-order valence-electron chi connectivity index (χ1n) is 6.73. The molecular weight excluding hydrogens is 230 g/mol. The topological polar surface area (TPSA) is 75.4 Å². The minimum absolute atomic E-state index is 0.0422. The van der Waals surface area contributed by atoms with Gasteiger partial charge in [-0.3, -0.25) is 9.59 Å². The predicted octanol–water partition coefficient (Wildman–Crippen LogP) is 0.344. The van der Waals surface area contributed by atoms with Crippen molar-refractivity contribution < 1.29 is 9.59 Å². The van der Waals surface area contributed by atoms with Crippen LogP contribution in [0.3, 0.4) is 0 Å². The summed E-state index contributed by atoms with van der Waals surface area (Å²) in [6.07, 6.45) is 1.79. The summed E-state index contributed by atoms with van der Waals surface area (Å²) in [6.45, 7) is 7.79. The molecule has 0 aromatic rings. The second-order valence-corrected chi connectivity index (χ2v) is 5.45. The molecule has 1 fully saturated rings. The lowest BCUT2D eigenvalue weighted by atomic mass is 9.94. The van der Waals surface area contributed by atoms with Crippen LogP contribution in [-0.2, 0) is 9.59 Å². The highest BCUT2D eigenvalue weighted by atomic mass is 16.2. The van der Waals surface area contributed by atoms with Crippen molar-refractivity contribution in [3.05, 3.63) is 0 Å². The van der Waals surface area contributed by atoms with Crippen LogP contribution in [0.15, 0.2) is 0 Å². The van der Waals surface area contributed by atoms with Gasteiger partial charge in [-0.25, -0.2) is 0 Å². The van der Waals surface area contributed by atoms with E-state index in [2.05, 4.69) is 5.32 Å². The van der Waals surface area contributed by atoms with Gasteiger partial charge in [0.25, 0.3) is 0 Å². The fourth-order valence-electron chi connectivity index (χ4n) is 2.22. The fourth-order valence-corrected chi connectivity index (χ4v) is 2.22. The van der Waals surface area contributed by atoms with Crippen LogP contribution in [0.2, 0.25) is 0 Å². The molecule has 1 aliphatic rings. The summed E-state index contributed by atoms with van der Waals surface area (Å²) >= 11 is 0. The summed E-state index contributed by atoms with van der Waals surface area (Å²) in [6, 6.07) is 0.146. The fraction of sp³-hybridized carbons (Fsp3) is 0.846. The Kier molecular flexibility index (Phi) is 5.59. The third kappa shape index (κ3) is 3.98. The molecule has 0 aliphatic carbocycles. The number of amides is 2. The molecule has 1 atom stereocenters. The van der Waals surface area contributed by atoms with Crippen LogP contribution in [0.25, 0.3) is 0 Å². The summed E-state index contributed by atoms with van der Waals surface area (Å²) in [4.78, 5) is 25.3. The Bertz CT molecular complexity index is 299. The van der Waals surface area contributed by atoms with Gasteiger partial charge in [0, 0.05) is 12.0 Å². The molecule has 3 N–H and O–H groups in total. The van der Waals surface area contributed by atoms with E-state index in [4.69, 9.17) is 5.73 Å². The Morgan fingerprint density at radius 3 is 2.28 bits per heavy atom. The van der Waals surface area contributed by atoms with Crippen molar-refractivity contribution in [1.29, 1.82) is 0 Å². The molecule has 0 radical (unpaired) electrons. The van der Waals surface area contributed by atoms with E-state index in [1.807, 2.05) is 20.8 Å². The lowest BCUT2D eigenvalue weighted by Gasteiger charge is -2.36. The largest absolute Gasteiger partial charge is 0.368 e. The maximum atomic E-state index is 12.4. The Labute approximate surface area is 109 Å². The standard InChI is InChI=1S/C13H25N3O2/c1-9(2)10(3)13(18)16(8-12(14)17)11-4-6-15-7-5-11/h9-11,15H,4-8H2,1-3H3,(H2,14,17). The molecule has 1 unspecified atom stereocenters. The number of piperidine rings is 1. The lowest BCUT2D eigenvalue weighted by molar-refractivity contribution is -0.142. The summed E-state index contributed by atoms with van der Waals surface area (Å²) in [5.74, 6) is -0.178. The van der Waals surface area contributed by atoms with E-state index in [9.17, 15) is 9.59 Å². The Hall–Kier alpha value is -1.10. The number of carbonyl (C=O) groups is 2. The van der Waals surface area contributed by atoms with Crippen molar-refractivity contribution in [2.45, 2.75) is 39.7 Å². The molecule has 5 heteroatoms. The van der Waals surface area contributed by atoms with Crippen LogP contribution in [0.4, 0.5) is 0 Å². The maximum absolute atomic E-state index is 12.4. The van der Waals surface area contributed by atoms with E-state index >= 15 is 0 Å². The Balaban J connectivity index is 2.76. The zero-order valence-corrected chi connectivity index (χ0v) is 11.6. The lowest BCUT2D eigenvalue weighted by Crippen LogP contribution is -2.51. The van der Waals surface area contributed by atoms with E-state index < -0.39 is 5.91 Å². The van der Waals surface area contributed by atoms with E-state index in [-0.39, 0.29) is 30.3 Å². The van der Waals surface area contributed by atoms with Crippen LogP contribution >= 0.6 is 0 Å². The van der Waals surface area contributed by atoms with Gasteiger partial charge in [0.05, 0.1) is 6.54 Å². The Morgan fingerprint density at radius 2 is 1.83 bits per heavy atom. The van der Waals surface area contributed by atoms with Crippen molar-refractivity contribution in [3.63, 3.8) is 0 Å². The van der Waals surface area contributed by atoms with E-state index in [1.165, 1.54) is 0 Å². The zero-order valence-electron chi connectivity index (χ0n) is 11.6. The van der Waals surface area contributed by atoms with Crippen LogP contribution in [0.1, 0.15) is 33.6 Å². The second kappa shape index (κ2) is 6.73. The molecule has 5 nitrogen and oxygen atoms in total. The van der Waals surface area contributed by atoms with Crippen LogP contribution in [-0.4, -0.2) is 42.4 Å². The molecule has 1 aliphatic heterocycles. The zero-order chi connectivity index (χ0) is 13.7. The van der Waals surface area contributed by atoms with Gasteiger partial charge in [-0.1, -0.05) is 20.8 Å². The summed E-state index contributed by atoms with van der Waals surface area (Å²) in [5, 5.41) is 3.26. The number of nitrogens with one attached hydrogen (secondary N) is 1. The number of hydrogen-bond donors (Lipinski definition) is 2. The third-order valence-corrected chi connectivity index (χ3v) is 3.75. The first-order valence-corrected chi connectivity index (χ1v) is 6.73. The van der Waals surface area contributed by atoms with E-state index in [1.54, 1.807) is 4.90 Å². The molecule has 2 amide bonds. The molecule has 1 rings (SSSR count). The summed E-state index contributed by atoms with van der Waals surface area (Å²) < 4.78 is 0. The highest BCUT2D eigenvalue weighted by Crippen LogP contribution is 2.19. The SMILES string of the molecule is CC(C)C(C)C(=O)N(CC(N)=O)C1CCNCC1. The average Bonchev–Trinajstić information content (AvgIpc) is 2.35. The molecule has 0 spiro atoms. The molecule has 1 saturated heterocycles. The minimum Gasteiger partial charge on any atom is -0.368 e. The number of hydrogen-bond acceptors (Lipinski definition) is 3. The number of rotatable bonds is 5. The molecule has 18 heavy (non-hydrogen) atoms. The van der Waals surface area contributed by atoms with Gasteiger partial charge >= 0.3 is 0 Å². The normalized spacial score (nSPS) is 18.7. The summed E-state index contributed by atoms with van der Waals surface area (Å²) in [7, 11) is 0. The van der Waals surface area contributed by atoms with E-state index in [0.717, 1.165) is 25.9 Å². The molecule has 0 aromatic heterocycles. The number of nitrogens with zero attached hydrogens (tertiary/aromatic N) is 1. The van der Waals surface area contributed by atoms with Gasteiger partial charge in [0.15, 0.2) is 0 Å². The van der Waals surface area contributed by atoms with Crippen molar-refractivity contribution in [3.8, 4) is 0 Å². The molecular formula is C13H25N3O2. The van der Waals surface area contributed by atoms with Crippen molar-refractivity contribution in [1.82, 2.24) is 10.2 Å². The van der Waals surface area contributed by atoms with Crippen LogP contribution < -0.4 is 11.1 Å². The first-order chi connectivity index (χ1) is 8.43. The smallest absolute Gasteiger partial charge is 0.237 e. The van der Waals surface area contributed by atoms with Gasteiger partial charge in [-0.2, -0.15) is 0 Å². The summed E-state index contributed by atoms with van der Waals surface area (Å²) in [5.41, 5.74) is 5.27. The molecule has 104 valence electrons. The number of primary amides is 1. The minimum atomic E-state index is -0.433. The monoisotopic (exact) mass is 255 g/mol. The molecule has 1 heterocycles. The number of nitrogens with two attached hydrogens (primary N) is 1. The quantitative estimate of drug-likeness (QED) is 0.744. The molecule has 0 saturated carbocycles. The van der Waals surface area contributed by atoms with Crippen LogP contribution in [0.5, 0.6) is 0 Å². The van der Waals surface area contributed by atoms with Gasteiger partial charge in [-0.05, 0) is 31.8 Å². The maximum Gasteiger partial charge on any atom is 0.237 e. The molecule has 0 aromatic carbocycles. The average molecular weight is 255 g/mol.